The number of benzene rings is 2. The van der Waals surface area contributed by atoms with Crippen molar-refractivity contribution < 1.29 is 9.59 Å². The van der Waals surface area contributed by atoms with Gasteiger partial charge >= 0.3 is 0 Å². The Morgan fingerprint density at radius 1 is 1.08 bits per heavy atom. The third-order valence-corrected chi connectivity index (χ3v) is 4.72. The molecule has 0 unspecified atom stereocenters. The number of amides is 2. The van der Waals surface area contributed by atoms with Crippen LogP contribution in [-0.2, 0) is 16.1 Å². The number of nitrogens with one attached hydrogen (secondary N) is 1. The van der Waals surface area contributed by atoms with E-state index in [4.69, 9.17) is 0 Å². The van der Waals surface area contributed by atoms with Crippen LogP contribution in [0.1, 0.15) is 28.7 Å². The Morgan fingerprint density at radius 3 is 2.44 bits per heavy atom. The van der Waals surface area contributed by atoms with E-state index in [1.54, 1.807) is 4.90 Å². The van der Waals surface area contributed by atoms with Crippen LogP contribution in [0, 0.1) is 26.7 Å². The summed E-state index contributed by atoms with van der Waals surface area (Å²) in [5.74, 6) is -0.327. The fraction of sp³-hybridized carbons (Fsp3) is 0.333. The minimum atomic E-state index is -0.293. The molecule has 0 radical (unpaired) electrons. The van der Waals surface area contributed by atoms with E-state index in [2.05, 4.69) is 5.32 Å². The maximum atomic E-state index is 12.6. The number of carbonyl (C=O) groups excluding carboxylic acids is 2. The van der Waals surface area contributed by atoms with Crippen molar-refractivity contribution in [2.45, 2.75) is 33.7 Å². The Labute approximate surface area is 148 Å². The van der Waals surface area contributed by atoms with Gasteiger partial charge < -0.3 is 10.2 Å². The summed E-state index contributed by atoms with van der Waals surface area (Å²) in [6.45, 7) is 7.08. The zero-order chi connectivity index (χ0) is 18.0. The maximum absolute atomic E-state index is 12.6. The third-order valence-electron chi connectivity index (χ3n) is 4.72. The van der Waals surface area contributed by atoms with Gasteiger partial charge in [0.15, 0.2) is 0 Å². The van der Waals surface area contributed by atoms with Gasteiger partial charge in [-0.1, -0.05) is 47.5 Å². The largest absolute Gasteiger partial charge is 0.338 e. The molecule has 1 fully saturated rings. The molecule has 0 aromatic heterocycles. The van der Waals surface area contributed by atoms with Crippen LogP contribution in [0.25, 0.3) is 0 Å². The maximum Gasteiger partial charge on any atom is 0.229 e. The van der Waals surface area contributed by atoms with E-state index in [1.807, 2.05) is 63.2 Å². The van der Waals surface area contributed by atoms with Crippen LogP contribution >= 0.6 is 0 Å². The van der Waals surface area contributed by atoms with E-state index in [9.17, 15) is 9.59 Å². The van der Waals surface area contributed by atoms with E-state index < -0.39 is 0 Å². The van der Waals surface area contributed by atoms with Crippen molar-refractivity contribution in [1.82, 2.24) is 4.90 Å². The van der Waals surface area contributed by atoms with Gasteiger partial charge in [0.1, 0.15) is 0 Å². The predicted octanol–water partition coefficient (Wildman–Crippen LogP) is 3.60. The molecule has 1 aliphatic rings. The minimum absolute atomic E-state index is 0.0429. The van der Waals surface area contributed by atoms with Crippen molar-refractivity contribution in [3.8, 4) is 0 Å². The lowest BCUT2D eigenvalue weighted by Gasteiger charge is -2.17. The van der Waals surface area contributed by atoms with Gasteiger partial charge in [-0.25, -0.2) is 0 Å². The van der Waals surface area contributed by atoms with Crippen molar-refractivity contribution in [3.63, 3.8) is 0 Å². The Morgan fingerprint density at radius 2 is 1.76 bits per heavy atom. The zero-order valence-electron chi connectivity index (χ0n) is 15.0. The van der Waals surface area contributed by atoms with Crippen LogP contribution < -0.4 is 5.32 Å². The number of hydrogen-bond acceptors (Lipinski definition) is 2. The number of anilines is 1. The molecule has 0 aliphatic carbocycles. The van der Waals surface area contributed by atoms with Crippen LogP contribution in [0.3, 0.4) is 0 Å². The zero-order valence-corrected chi connectivity index (χ0v) is 15.0. The number of hydrogen-bond donors (Lipinski definition) is 1. The molecule has 130 valence electrons. The smallest absolute Gasteiger partial charge is 0.229 e. The van der Waals surface area contributed by atoms with E-state index in [-0.39, 0.29) is 24.2 Å². The van der Waals surface area contributed by atoms with Crippen LogP contribution in [-0.4, -0.2) is 23.3 Å². The Bertz CT molecular complexity index is 796. The van der Waals surface area contributed by atoms with Crippen molar-refractivity contribution in [2.24, 2.45) is 5.92 Å². The lowest BCUT2D eigenvalue weighted by Crippen LogP contribution is -2.28. The van der Waals surface area contributed by atoms with Gasteiger partial charge in [-0.2, -0.15) is 0 Å². The normalized spacial score (nSPS) is 17.0. The van der Waals surface area contributed by atoms with Gasteiger partial charge in [0.25, 0.3) is 0 Å². The molecule has 4 heteroatoms. The summed E-state index contributed by atoms with van der Waals surface area (Å²) in [4.78, 5) is 26.6. The number of likely N-dealkylation sites (tertiary alicyclic amines) is 1. The molecule has 3 rings (SSSR count). The van der Waals surface area contributed by atoms with E-state index in [0.717, 1.165) is 22.4 Å². The first-order valence-corrected chi connectivity index (χ1v) is 8.64. The molecule has 2 aromatic rings. The van der Waals surface area contributed by atoms with Crippen molar-refractivity contribution in [3.05, 3.63) is 64.7 Å². The van der Waals surface area contributed by atoms with Gasteiger partial charge in [-0.15, -0.1) is 0 Å². The average Bonchev–Trinajstić information content (AvgIpc) is 2.93. The van der Waals surface area contributed by atoms with Gasteiger partial charge in [-0.3, -0.25) is 9.59 Å². The number of rotatable bonds is 4. The summed E-state index contributed by atoms with van der Waals surface area (Å²) >= 11 is 0. The average molecular weight is 336 g/mol. The first-order chi connectivity index (χ1) is 11.9. The topological polar surface area (TPSA) is 49.4 Å². The Kier molecular flexibility index (Phi) is 4.88. The van der Waals surface area contributed by atoms with Gasteiger partial charge in [0.05, 0.1) is 5.92 Å². The lowest BCUT2D eigenvalue weighted by atomic mass is 10.1. The summed E-state index contributed by atoms with van der Waals surface area (Å²) in [6.07, 6.45) is 0.280. The highest BCUT2D eigenvalue weighted by Crippen LogP contribution is 2.23. The molecule has 2 aromatic carbocycles. The quantitative estimate of drug-likeness (QED) is 0.927. The second kappa shape index (κ2) is 7.09. The second-order valence-electron chi connectivity index (χ2n) is 6.97. The predicted molar refractivity (Wildman–Crippen MR) is 99.2 cm³/mol. The number of carbonyl (C=O) groups is 2. The van der Waals surface area contributed by atoms with Gasteiger partial charge in [0.2, 0.25) is 11.8 Å². The molecule has 0 spiro atoms. The summed E-state index contributed by atoms with van der Waals surface area (Å²) in [5, 5.41) is 2.97. The van der Waals surface area contributed by atoms with Crippen molar-refractivity contribution in [2.75, 3.05) is 11.9 Å². The van der Waals surface area contributed by atoms with E-state index in [0.29, 0.717) is 13.1 Å². The molecule has 0 bridgehead atoms. The van der Waals surface area contributed by atoms with Crippen molar-refractivity contribution in [1.29, 1.82) is 0 Å². The van der Waals surface area contributed by atoms with Gasteiger partial charge in [0, 0.05) is 25.2 Å². The Balaban J connectivity index is 1.63. The first-order valence-electron chi connectivity index (χ1n) is 8.64. The highest BCUT2D eigenvalue weighted by Gasteiger charge is 2.34. The molecule has 0 saturated carbocycles. The van der Waals surface area contributed by atoms with Crippen LogP contribution in [0.2, 0.25) is 0 Å². The lowest BCUT2D eigenvalue weighted by molar-refractivity contribution is -0.128. The number of aryl methyl sites for hydroxylation is 3. The molecule has 1 atom stereocenters. The number of nitrogens with zero attached hydrogens (tertiary/aromatic N) is 1. The first kappa shape index (κ1) is 17.2. The van der Waals surface area contributed by atoms with Crippen LogP contribution in [0.4, 0.5) is 5.69 Å². The monoisotopic (exact) mass is 336 g/mol. The van der Waals surface area contributed by atoms with E-state index >= 15 is 0 Å². The molecule has 1 saturated heterocycles. The molecule has 1 heterocycles. The molecule has 1 N–H and O–H groups in total. The third kappa shape index (κ3) is 4.08. The van der Waals surface area contributed by atoms with Gasteiger partial charge in [-0.05, 0) is 38.0 Å². The fourth-order valence-electron chi connectivity index (χ4n) is 3.20. The molecular formula is C21H24N2O2. The van der Waals surface area contributed by atoms with Crippen molar-refractivity contribution >= 4 is 17.5 Å². The van der Waals surface area contributed by atoms with Crippen LogP contribution in [0.5, 0.6) is 0 Å². The highest BCUT2D eigenvalue weighted by atomic mass is 16.2. The highest BCUT2D eigenvalue weighted by molar-refractivity contribution is 5.97. The summed E-state index contributed by atoms with van der Waals surface area (Å²) < 4.78 is 0. The van der Waals surface area contributed by atoms with Crippen LogP contribution in [0.15, 0.2) is 42.5 Å². The summed E-state index contributed by atoms with van der Waals surface area (Å²) in [7, 11) is 0. The Hall–Kier alpha value is -2.62. The molecule has 4 nitrogen and oxygen atoms in total. The molecule has 1 aliphatic heterocycles. The van der Waals surface area contributed by atoms with E-state index in [1.165, 1.54) is 5.56 Å². The molecular weight excluding hydrogens is 312 g/mol. The molecule has 25 heavy (non-hydrogen) atoms. The SMILES string of the molecule is Cc1ccc(CN2C[C@@H](C(=O)Nc3ccc(C)cc3C)CC2=O)cc1. The minimum Gasteiger partial charge on any atom is -0.338 e. The second-order valence-corrected chi connectivity index (χ2v) is 6.97. The fourth-order valence-corrected chi connectivity index (χ4v) is 3.20. The molecule has 2 amide bonds. The standard InChI is InChI=1S/C21H24N2O2/c1-14-4-7-17(8-5-14)12-23-13-18(11-20(23)24)21(25)22-19-9-6-15(2)10-16(19)3/h4-10,18H,11-13H2,1-3H3,(H,22,25)/t18-/m0/s1. The summed E-state index contributed by atoms with van der Waals surface area (Å²) in [6, 6.07) is 14.1. The summed E-state index contributed by atoms with van der Waals surface area (Å²) in [5.41, 5.74) is 5.31.